The van der Waals surface area contributed by atoms with Gasteiger partial charge in [-0.3, -0.25) is 18.9 Å². The molecular formula is C21H19N5O2. The van der Waals surface area contributed by atoms with Gasteiger partial charge in [-0.25, -0.2) is 4.98 Å². The van der Waals surface area contributed by atoms with Gasteiger partial charge in [-0.1, -0.05) is 18.2 Å². The van der Waals surface area contributed by atoms with E-state index >= 15 is 0 Å². The van der Waals surface area contributed by atoms with Crippen LogP contribution in [0.2, 0.25) is 0 Å². The van der Waals surface area contributed by atoms with E-state index in [-0.39, 0.29) is 24.1 Å². The number of para-hydroxylation sites is 1. The first kappa shape index (κ1) is 17.9. The molecule has 7 heteroatoms. The van der Waals surface area contributed by atoms with Gasteiger partial charge in [0.25, 0.3) is 5.56 Å². The molecule has 0 spiro atoms. The molecule has 0 saturated carbocycles. The number of hydrogen-bond donors (Lipinski definition) is 0. The average Bonchev–Trinajstić information content (AvgIpc) is 2.70. The van der Waals surface area contributed by atoms with Crippen molar-refractivity contribution in [2.45, 2.75) is 19.5 Å². The molecule has 1 atom stereocenters. The van der Waals surface area contributed by atoms with Crippen molar-refractivity contribution in [3.8, 4) is 6.07 Å². The lowest BCUT2D eigenvalue weighted by Crippen LogP contribution is -2.55. The molecule has 3 aromatic rings. The van der Waals surface area contributed by atoms with Gasteiger partial charge >= 0.3 is 0 Å². The summed E-state index contributed by atoms with van der Waals surface area (Å²) in [7, 11) is 0. The number of pyridine rings is 1. The smallest absolute Gasteiger partial charge is 0.258 e. The molecule has 3 heterocycles. The van der Waals surface area contributed by atoms with Crippen molar-refractivity contribution in [3.05, 3.63) is 76.3 Å². The molecule has 1 aliphatic heterocycles. The molecule has 4 rings (SSSR count). The van der Waals surface area contributed by atoms with Gasteiger partial charge in [-0.05, 0) is 31.2 Å². The van der Waals surface area contributed by atoms with Crippen molar-refractivity contribution >= 4 is 17.2 Å². The van der Waals surface area contributed by atoms with E-state index in [1.807, 2.05) is 24.0 Å². The van der Waals surface area contributed by atoms with E-state index in [2.05, 4.69) is 11.1 Å². The van der Waals surface area contributed by atoms with Crippen LogP contribution in [0.3, 0.4) is 0 Å². The maximum atomic E-state index is 12.8. The minimum absolute atomic E-state index is 0.0560. The van der Waals surface area contributed by atoms with E-state index in [0.29, 0.717) is 35.7 Å². The van der Waals surface area contributed by atoms with E-state index in [1.165, 1.54) is 10.5 Å². The molecule has 2 aromatic heterocycles. The van der Waals surface area contributed by atoms with Crippen molar-refractivity contribution in [2.24, 2.45) is 0 Å². The minimum Gasteiger partial charge on any atom is -0.308 e. The molecule has 1 fully saturated rings. The highest BCUT2D eigenvalue weighted by atomic mass is 16.2. The Hall–Kier alpha value is -3.50. The summed E-state index contributed by atoms with van der Waals surface area (Å²) in [5, 5.41) is 9.32. The molecule has 1 unspecified atom stereocenters. The summed E-state index contributed by atoms with van der Waals surface area (Å²) in [6.07, 6.45) is 1.69. The quantitative estimate of drug-likeness (QED) is 0.699. The first-order valence-corrected chi connectivity index (χ1v) is 9.07. The van der Waals surface area contributed by atoms with Gasteiger partial charge in [0.15, 0.2) is 0 Å². The topological polar surface area (TPSA) is 81.7 Å². The van der Waals surface area contributed by atoms with Crippen LogP contribution in [-0.2, 0) is 11.3 Å². The summed E-state index contributed by atoms with van der Waals surface area (Å²) in [5.74, 6) is -0.0710. The predicted octanol–water partition coefficient (Wildman–Crippen LogP) is 1.80. The van der Waals surface area contributed by atoms with Crippen LogP contribution in [0.15, 0.2) is 59.5 Å². The molecule has 0 bridgehead atoms. The lowest BCUT2D eigenvalue weighted by Gasteiger charge is -2.39. The number of nitrogens with zero attached hydrogens (tertiary/aromatic N) is 5. The number of rotatable bonds is 3. The highest BCUT2D eigenvalue weighted by Gasteiger charge is 2.31. The monoisotopic (exact) mass is 373 g/mol. The number of fused-ring (bicyclic) bond motifs is 1. The van der Waals surface area contributed by atoms with Crippen LogP contribution in [0, 0.1) is 11.3 Å². The molecule has 1 aromatic carbocycles. The second kappa shape index (κ2) is 7.25. The van der Waals surface area contributed by atoms with Crippen molar-refractivity contribution < 1.29 is 4.79 Å². The summed E-state index contributed by atoms with van der Waals surface area (Å²) in [5.41, 5.74) is 2.22. The summed E-state index contributed by atoms with van der Waals surface area (Å²) in [6, 6.07) is 16.3. The number of benzene rings is 1. The van der Waals surface area contributed by atoms with E-state index in [0.717, 1.165) is 0 Å². The number of carbonyl (C=O) groups excluding carboxylic acids is 1. The molecule has 140 valence electrons. The Morgan fingerprint density at radius 2 is 1.96 bits per heavy atom. The number of piperazine rings is 1. The van der Waals surface area contributed by atoms with Crippen LogP contribution in [0.4, 0.5) is 5.69 Å². The van der Waals surface area contributed by atoms with Crippen molar-refractivity contribution in [1.82, 2.24) is 14.3 Å². The molecule has 0 N–H and O–H groups in total. The zero-order valence-corrected chi connectivity index (χ0v) is 15.4. The third-order valence-corrected chi connectivity index (χ3v) is 5.01. The molecule has 0 aliphatic carbocycles. The Morgan fingerprint density at radius 3 is 2.79 bits per heavy atom. The highest BCUT2D eigenvalue weighted by molar-refractivity contribution is 5.96. The molecule has 7 nitrogen and oxygen atoms in total. The Balaban J connectivity index is 1.57. The van der Waals surface area contributed by atoms with Crippen LogP contribution in [-0.4, -0.2) is 39.3 Å². The van der Waals surface area contributed by atoms with Crippen molar-refractivity contribution in [1.29, 1.82) is 5.26 Å². The number of amides is 1. The van der Waals surface area contributed by atoms with Crippen LogP contribution < -0.4 is 10.5 Å². The van der Waals surface area contributed by atoms with E-state index < -0.39 is 0 Å². The molecule has 1 saturated heterocycles. The molecular weight excluding hydrogens is 354 g/mol. The number of aromatic nitrogens is 2. The van der Waals surface area contributed by atoms with E-state index in [1.54, 1.807) is 41.4 Å². The average molecular weight is 373 g/mol. The molecule has 28 heavy (non-hydrogen) atoms. The largest absolute Gasteiger partial charge is 0.308 e. The normalized spacial score (nSPS) is 17.6. The second-order valence-corrected chi connectivity index (χ2v) is 6.90. The number of carbonyl (C=O) groups is 1. The fraction of sp³-hybridized carbons (Fsp3) is 0.238. The van der Waals surface area contributed by atoms with Gasteiger partial charge < -0.3 is 4.90 Å². The number of nitriles is 1. The van der Waals surface area contributed by atoms with Gasteiger partial charge in [-0.15, -0.1) is 0 Å². The first-order valence-electron chi connectivity index (χ1n) is 9.07. The van der Waals surface area contributed by atoms with Gasteiger partial charge in [0.2, 0.25) is 5.91 Å². The first-order chi connectivity index (χ1) is 13.6. The van der Waals surface area contributed by atoms with Crippen LogP contribution in [0.25, 0.3) is 5.65 Å². The third kappa shape index (κ3) is 3.26. The lowest BCUT2D eigenvalue weighted by molar-refractivity contribution is -0.122. The number of anilines is 1. The van der Waals surface area contributed by atoms with Crippen LogP contribution >= 0.6 is 0 Å². The minimum atomic E-state index is -0.138. The Kier molecular flexibility index (Phi) is 4.63. The summed E-state index contributed by atoms with van der Waals surface area (Å²) in [4.78, 5) is 33.3. The SMILES string of the molecule is CC1CN(c2ccccc2C#N)C(=O)CN1Cc1cc(=O)n2ccccc2n1. The summed E-state index contributed by atoms with van der Waals surface area (Å²) >= 11 is 0. The maximum Gasteiger partial charge on any atom is 0.258 e. The fourth-order valence-corrected chi connectivity index (χ4v) is 3.54. The summed E-state index contributed by atoms with van der Waals surface area (Å²) in [6.45, 7) is 3.13. The second-order valence-electron chi connectivity index (χ2n) is 6.90. The molecule has 1 aliphatic rings. The Labute approximate surface area is 162 Å². The van der Waals surface area contributed by atoms with Gasteiger partial charge in [0, 0.05) is 31.4 Å². The van der Waals surface area contributed by atoms with Crippen LogP contribution in [0.5, 0.6) is 0 Å². The zero-order valence-electron chi connectivity index (χ0n) is 15.4. The molecule has 1 amide bonds. The summed E-state index contributed by atoms with van der Waals surface area (Å²) < 4.78 is 1.49. The van der Waals surface area contributed by atoms with E-state index in [4.69, 9.17) is 0 Å². The van der Waals surface area contributed by atoms with Gasteiger partial charge in [-0.2, -0.15) is 5.26 Å². The lowest BCUT2D eigenvalue weighted by atomic mass is 10.1. The zero-order chi connectivity index (χ0) is 19.7. The molecule has 0 radical (unpaired) electrons. The predicted molar refractivity (Wildman–Crippen MR) is 105 cm³/mol. The maximum absolute atomic E-state index is 12.8. The van der Waals surface area contributed by atoms with Gasteiger partial charge in [0.1, 0.15) is 11.7 Å². The van der Waals surface area contributed by atoms with Crippen LogP contribution in [0.1, 0.15) is 18.2 Å². The van der Waals surface area contributed by atoms with Crippen molar-refractivity contribution in [2.75, 3.05) is 18.0 Å². The highest BCUT2D eigenvalue weighted by Crippen LogP contribution is 2.24. The standard InChI is InChI=1S/C21H19N5O2/c1-15-12-26(18-7-3-2-6-16(18)11-22)21(28)14-24(15)13-17-10-20(27)25-9-5-4-8-19(25)23-17/h2-10,15H,12-14H2,1H3. The number of hydrogen-bond acceptors (Lipinski definition) is 5. The fourth-order valence-electron chi connectivity index (χ4n) is 3.54. The van der Waals surface area contributed by atoms with Crippen molar-refractivity contribution in [3.63, 3.8) is 0 Å². The Morgan fingerprint density at radius 1 is 1.18 bits per heavy atom. The third-order valence-electron chi connectivity index (χ3n) is 5.01. The Bertz CT molecular complexity index is 1150. The van der Waals surface area contributed by atoms with E-state index in [9.17, 15) is 14.9 Å². The van der Waals surface area contributed by atoms with Gasteiger partial charge in [0.05, 0.1) is 23.5 Å².